The molecule has 13 heavy (non-hydrogen) atoms. The first-order valence-corrected chi connectivity index (χ1v) is 3.66. The Bertz CT molecular complexity index is 433. The zero-order valence-corrected chi connectivity index (χ0v) is 7.11. The second-order valence-electron chi connectivity index (χ2n) is 2.46. The summed E-state index contributed by atoms with van der Waals surface area (Å²) in [7, 11) is -0.478. The van der Waals surface area contributed by atoms with Crippen molar-refractivity contribution < 1.29 is 21.6 Å². The van der Waals surface area contributed by atoms with Crippen molar-refractivity contribution in [2.24, 2.45) is 0 Å². The number of benzene rings is 1. The first-order chi connectivity index (χ1) is 8.11. The number of ether oxygens (including phenoxy) is 1. The molecule has 0 atom stereocenters. The maximum absolute atomic E-state index is 8.99. The molecule has 4 heteroatoms. The van der Waals surface area contributed by atoms with Crippen molar-refractivity contribution in [3.8, 4) is 5.75 Å². The molecule has 1 rings (SSSR count). The third-order valence-electron chi connectivity index (χ3n) is 1.66. The van der Waals surface area contributed by atoms with Crippen molar-refractivity contribution in [3.05, 3.63) is 23.8 Å². The summed E-state index contributed by atoms with van der Waals surface area (Å²) < 4.78 is 41.7. The first-order valence-electron chi connectivity index (χ1n) is 6.16. The van der Waals surface area contributed by atoms with Gasteiger partial charge in [0.25, 0.3) is 0 Å². The van der Waals surface area contributed by atoms with Gasteiger partial charge in [0.2, 0.25) is 0 Å². The summed E-state index contributed by atoms with van der Waals surface area (Å²) >= 11 is 0. The van der Waals surface area contributed by atoms with Crippen LogP contribution in [0.3, 0.4) is 0 Å². The van der Waals surface area contributed by atoms with E-state index >= 15 is 0 Å². The summed E-state index contributed by atoms with van der Waals surface area (Å²) in [5, 5.41) is 18.0. The van der Waals surface area contributed by atoms with Gasteiger partial charge in [-0.1, -0.05) is 19.0 Å². The van der Waals surface area contributed by atoms with Crippen LogP contribution in [0, 0.1) is 0 Å². The van der Waals surface area contributed by atoms with Crippen molar-refractivity contribution in [3.63, 3.8) is 0 Å². The number of hydrogen-bond acceptors (Lipinski definition) is 3. The zero-order valence-electron chi connectivity index (χ0n) is 12.1. The Morgan fingerprint density at radius 1 is 1.62 bits per heavy atom. The van der Waals surface area contributed by atoms with Gasteiger partial charge in [-0.25, -0.2) is 0 Å². The minimum absolute atomic E-state index is 0.0401. The van der Waals surface area contributed by atoms with Crippen LogP contribution in [-0.4, -0.2) is 24.3 Å². The van der Waals surface area contributed by atoms with E-state index in [1.54, 1.807) is 0 Å². The Morgan fingerprint density at radius 2 is 2.38 bits per heavy atom. The van der Waals surface area contributed by atoms with Gasteiger partial charge in [0.05, 0.1) is 7.11 Å². The van der Waals surface area contributed by atoms with E-state index in [4.69, 9.17) is 21.6 Å². The van der Waals surface area contributed by atoms with E-state index in [1.165, 1.54) is 25.3 Å². The van der Waals surface area contributed by atoms with Gasteiger partial charge in [-0.15, -0.1) is 0 Å². The van der Waals surface area contributed by atoms with Gasteiger partial charge < -0.3 is 14.8 Å². The molecule has 0 saturated carbocycles. The monoisotopic (exact) mass is 185 g/mol. The number of aryl methyl sites for hydroxylation is 1. The summed E-state index contributed by atoms with van der Waals surface area (Å²) in [6.07, 6.45) is -2.59. The van der Waals surface area contributed by atoms with E-state index in [1.807, 2.05) is 0 Å². The summed E-state index contributed by atoms with van der Waals surface area (Å²) in [6.45, 7) is -2.85. The van der Waals surface area contributed by atoms with Crippen molar-refractivity contribution in [1.82, 2.24) is 0 Å². The normalized spacial score (nSPS) is 17.6. The van der Waals surface area contributed by atoms with Crippen molar-refractivity contribution in [1.29, 1.82) is 0 Å². The van der Waals surface area contributed by atoms with Crippen LogP contribution in [0.25, 0.3) is 0 Å². The fourth-order valence-corrected chi connectivity index (χ4v) is 0.972. The Labute approximate surface area is 85.1 Å². The highest BCUT2D eigenvalue weighted by Crippen LogP contribution is 2.16. The van der Waals surface area contributed by atoms with Gasteiger partial charge in [0.15, 0.2) is 0 Å². The maximum Gasteiger partial charge on any atom is 0.488 e. The topological polar surface area (TPSA) is 49.7 Å². The summed E-state index contributed by atoms with van der Waals surface area (Å²) in [5.41, 5.74) is -0.0636. The Balaban J connectivity index is 3.34. The fourth-order valence-electron chi connectivity index (χ4n) is 0.972. The smallest absolute Gasteiger partial charge is 0.488 e. The molecule has 0 aliphatic heterocycles. The predicted octanol–water partition coefficient (Wildman–Crippen LogP) is -0.0626. The first kappa shape index (κ1) is 5.03. The Hall–Kier alpha value is -0.995. The van der Waals surface area contributed by atoms with Crippen LogP contribution in [0.15, 0.2) is 18.2 Å². The van der Waals surface area contributed by atoms with Crippen molar-refractivity contribution in [2.45, 2.75) is 13.2 Å². The third kappa shape index (κ3) is 2.23. The Kier molecular flexibility index (Phi) is 1.66. The molecular formula is C9H13BO3. The van der Waals surface area contributed by atoms with E-state index < -0.39 is 20.3 Å². The van der Waals surface area contributed by atoms with Crippen molar-refractivity contribution >= 4 is 12.6 Å². The Morgan fingerprint density at radius 3 is 2.92 bits per heavy atom. The minimum Gasteiger partial charge on any atom is -0.496 e. The van der Waals surface area contributed by atoms with Gasteiger partial charge in [-0.2, -0.15) is 0 Å². The quantitative estimate of drug-likeness (QED) is 0.648. The van der Waals surface area contributed by atoms with Gasteiger partial charge >= 0.3 is 7.12 Å². The van der Waals surface area contributed by atoms with E-state index in [0.717, 1.165) is 0 Å². The molecule has 0 aliphatic carbocycles. The molecule has 0 aliphatic rings. The molecule has 1 aromatic rings. The van der Waals surface area contributed by atoms with Crippen LogP contribution in [0.1, 0.15) is 19.3 Å². The van der Waals surface area contributed by atoms with Gasteiger partial charge in [0, 0.05) is 6.85 Å². The van der Waals surface area contributed by atoms with Gasteiger partial charge in [0.1, 0.15) is 5.75 Å². The molecule has 0 radical (unpaired) electrons. The van der Waals surface area contributed by atoms with E-state index in [9.17, 15) is 0 Å². The standard InChI is InChI=1S/C9H13BO3/c1-3-7-4-5-8(10(11)12)6-9(7)13-2/h4-6,11-12H,3H2,1-2H3/i1D3,3D2. The number of hydrogen-bond donors (Lipinski definition) is 2. The highest BCUT2D eigenvalue weighted by molar-refractivity contribution is 6.58. The SMILES string of the molecule is [2H]C([2H])([2H])C([2H])([2H])c1ccc(B(O)O)cc1OC. The average Bonchev–Trinajstić information content (AvgIpc) is 2.26. The van der Waals surface area contributed by atoms with Crippen LogP contribution < -0.4 is 10.2 Å². The highest BCUT2D eigenvalue weighted by atomic mass is 16.5. The van der Waals surface area contributed by atoms with Crippen LogP contribution in [-0.2, 0) is 6.37 Å². The van der Waals surface area contributed by atoms with Gasteiger partial charge in [-0.3, -0.25) is 0 Å². The van der Waals surface area contributed by atoms with Crippen LogP contribution >= 0.6 is 0 Å². The largest absolute Gasteiger partial charge is 0.496 e. The molecule has 0 fully saturated rings. The second kappa shape index (κ2) is 4.30. The molecule has 2 N–H and O–H groups in total. The lowest BCUT2D eigenvalue weighted by Gasteiger charge is -2.08. The van der Waals surface area contributed by atoms with Crippen molar-refractivity contribution in [2.75, 3.05) is 7.11 Å². The average molecular weight is 185 g/mol. The fraction of sp³-hybridized carbons (Fsp3) is 0.333. The van der Waals surface area contributed by atoms with Crippen LogP contribution in [0.2, 0.25) is 0 Å². The van der Waals surface area contributed by atoms with Gasteiger partial charge in [-0.05, 0) is 23.5 Å². The molecule has 0 heterocycles. The molecule has 1 aromatic carbocycles. The molecule has 0 amide bonds. The third-order valence-corrected chi connectivity index (χ3v) is 1.66. The molecule has 3 nitrogen and oxygen atoms in total. The molecule has 0 spiro atoms. The second-order valence-corrected chi connectivity index (χ2v) is 2.46. The van der Waals surface area contributed by atoms with Crippen LogP contribution in [0.5, 0.6) is 5.75 Å². The molecule has 0 aromatic heterocycles. The lowest BCUT2D eigenvalue weighted by molar-refractivity contribution is 0.408. The lowest BCUT2D eigenvalue weighted by Crippen LogP contribution is -2.29. The molecule has 0 unspecified atom stereocenters. The summed E-state index contributed by atoms with van der Waals surface area (Å²) in [5.74, 6) is -0.0401. The molecule has 70 valence electrons. The minimum atomic E-state index is -2.85. The predicted molar refractivity (Wildman–Crippen MR) is 52.2 cm³/mol. The van der Waals surface area contributed by atoms with Crippen LogP contribution in [0.4, 0.5) is 0 Å². The maximum atomic E-state index is 8.99. The summed E-state index contributed by atoms with van der Waals surface area (Å²) in [4.78, 5) is 0. The molecule has 0 bridgehead atoms. The van der Waals surface area contributed by atoms with E-state index in [2.05, 4.69) is 0 Å². The zero-order chi connectivity index (χ0) is 14.1. The van der Waals surface area contributed by atoms with E-state index in [-0.39, 0.29) is 16.8 Å². The summed E-state index contributed by atoms with van der Waals surface area (Å²) in [6, 6.07) is 3.62. The lowest BCUT2D eigenvalue weighted by atomic mass is 9.80. The number of rotatable bonds is 3. The number of methoxy groups -OCH3 is 1. The molecular weight excluding hydrogens is 167 g/mol. The molecule has 0 saturated heterocycles. The van der Waals surface area contributed by atoms with E-state index in [0.29, 0.717) is 0 Å². The highest BCUT2D eigenvalue weighted by Gasteiger charge is 2.12.